The fourth-order valence-electron chi connectivity index (χ4n) is 3.56. The molecule has 0 spiro atoms. The van der Waals surface area contributed by atoms with Crippen LogP contribution in [0, 0.1) is 5.41 Å². The number of rotatable bonds is 7. The Morgan fingerprint density at radius 2 is 1.85 bits per heavy atom. The number of hydrogen-bond donors (Lipinski definition) is 1. The summed E-state index contributed by atoms with van der Waals surface area (Å²) >= 11 is 0. The topological polar surface area (TPSA) is 15.3 Å². The predicted molar refractivity (Wildman–Crippen MR) is 84.6 cm³/mol. The Bertz CT molecular complexity index is 427. The molecule has 110 valence electrons. The average Bonchev–Trinajstić information content (AvgIpc) is 3.16. The van der Waals surface area contributed by atoms with Gasteiger partial charge in [-0.25, -0.2) is 0 Å². The smallest absolute Gasteiger partial charge is 0.0240 e. The van der Waals surface area contributed by atoms with Gasteiger partial charge in [0.05, 0.1) is 0 Å². The summed E-state index contributed by atoms with van der Waals surface area (Å²) in [5, 5.41) is 3.75. The van der Waals surface area contributed by atoms with Gasteiger partial charge in [0.15, 0.2) is 0 Å². The van der Waals surface area contributed by atoms with Gasteiger partial charge in [-0.15, -0.1) is 0 Å². The maximum atomic E-state index is 3.75. The maximum absolute atomic E-state index is 3.75. The van der Waals surface area contributed by atoms with Crippen LogP contribution in [0.2, 0.25) is 0 Å². The van der Waals surface area contributed by atoms with Gasteiger partial charge >= 0.3 is 0 Å². The highest BCUT2D eigenvalue weighted by Crippen LogP contribution is 2.31. The molecule has 2 nitrogen and oxygen atoms in total. The van der Waals surface area contributed by atoms with Crippen LogP contribution in [0.25, 0.3) is 0 Å². The summed E-state index contributed by atoms with van der Waals surface area (Å²) in [6.45, 7) is 9.45. The van der Waals surface area contributed by atoms with Crippen molar-refractivity contribution < 1.29 is 0 Å². The minimum atomic E-state index is 0.416. The number of fused-ring (bicyclic) bond motifs is 1. The van der Waals surface area contributed by atoms with Crippen LogP contribution in [-0.2, 0) is 13.1 Å². The van der Waals surface area contributed by atoms with Crippen molar-refractivity contribution >= 4 is 0 Å². The molecule has 1 fully saturated rings. The third-order valence-electron chi connectivity index (χ3n) is 4.76. The monoisotopic (exact) mass is 272 g/mol. The number of hydrogen-bond acceptors (Lipinski definition) is 2. The Balaban J connectivity index is 1.59. The van der Waals surface area contributed by atoms with Crippen molar-refractivity contribution in [3.63, 3.8) is 0 Å². The minimum absolute atomic E-state index is 0.416. The van der Waals surface area contributed by atoms with Crippen LogP contribution >= 0.6 is 0 Å². The van der Waals surface area contributed by atoms with Crippen LogP contribution in [0.15, 0.2) is 24.3 Å². The SMILES string of the molecule is CCCC(C)(CNC1CC1)CN1Cc2ccccc2C1. The molecular weight excluding hydrogens is 244 g/mol. The molecule has 1 unspecified atom stereocenters. The molecule has 0 amide bonds. The van der Waals surface area contributed by atoms with Crippen molar-refractivity contribution in [1.82, 2.24) is 10.2 Å². The summed E-state index contributed by atoms with van der Waals surface area (Å²) in [6.07, 6.45) is 5.37. The van der Waals surface area contributed by atoms with E-state index in [9.17, 15) is 0 Å². The van der Waals surface area contributed by atoms with Gasteiger partial charge in [-0.05, 0) is 35.8 Å². The summed E-state index contributed by atoms with van der Waals surface area (Å²) in [5.41, 5.74) is 3.47. The lowest BCUT2D eigenvalue weighted by atomic mass is 9.84. The molecule has 1 aromatic rings. The van der Waals surface area contributed by atoms with E-state index in [-0.39, 0.29) is 0 Å². The van der Waals surface area contributed by atoms with E-state index in [1.54, 1.807) is 0 Å². The quantitative estimate of drug-likeness (QED) is 0.816. The van der Waals surface area contributed by atoms with Gasteiger partial charge in [0.25, 0.3) is 0 Å². The van der Waals surface area contributed by atoms with E-state index in [0.717, 1.165) is 19.1 Å². The van der Waals surface area contributed by atoms with E-state index in [0.29, 0.717) is 5.41 Å². The van der Waals surface area contributed by atoms with Gasteiger partial charge < -0.3 is 5.32 Å². The molecule has 1 heterocycles. The Labute approximate surface area is 123 Å². The first-order chi connectivity index (χ1) is 9.68. The van der Waals surface area contributed by atoms with Crippen LogP contribution in [0.1, 0.15) is 50.7 Å². The lowest BCUT2D eigenvalue weighted by Crippen LogP contribution is -2.41. The van der Waals surface area contributed by atoms with Crippen molar-refractivity contribution in [2.75, 3.05) is 13.1 Å². The highest BCUT2D eigenvalue weighted by atomic mass is 15.2. The lowest BCUT2D eigenvalue weighted by Gasteiger charge is -2.34. The minimum Gasteiger partial charge on any atom is -0.313 e. The molecular formula is C18H28N2. The van der Waals surface area contributed by atoms with E-state index in [2.05, 4.69) is 48.3 Å². The number of benzene rings is 1. The first kappa shape index (κ1) is 14.1. The fourth-order valence-corrected chi connectivity index (χ4v) is 3.56. The Kier molecular flexibility index (Phi) is 4.13. The van der Waals surface area contributed by atoms with Crippen molar-refractivity contribution in [3.05, 3.63) is 35.4 Å². The second-order valence-corrected chi connectivity index (χ2v) is 7.13. The zero-order valence-electron chi connectivity index (χ0n) is 13.0. The van der Waals surface area contributed by atoms with E-state index < -0.39 is 0 Å². The summed E-state index contributed by atoms with van der Waals surface area (Å²) in [4.78, 5) is 2.63. The van der Waals surface area contributed by atoms with Gasteiger partial charge in [0.1, 0.15) is 0 Å². The fraction of sp³-hybridized carbons (Fsp3) is 0.667. The Morgan fingerprint density at radius 3 is 2.40 bits per heavy atom. The van der Waals surface area contributed by atoms with E-state index in [1.807, 2.05) is 0 Å². The standard InChI is InChI=1S/C18H28N2/c1-3-10-18(2,13-19-17-8-9-17)14-20-11-15-6-4-5-7-16(15)12-20/h4-7,17,19H,3,8-14H2,1-2H3. The lowest BCUT2D eigenvalue weighted by molar-refractivity contribution is 0.148. The molecule has 0 radical (unpaired) electrons. The molecule has 20 heavy (non-hydrogen) atoms. The molecule has 3 rings (SSSR count). The highest BCUT2D eigenvalue weighted by Gasteiger charge is 2.31. The Hall–Kier alpha value is -0.860. The summed E-state index contributed by atoms with van der Waals surface area (Å²) in [6, 6.07) is 9.73. The van der Waals surface area contributed by atoms with Crippen LogP contribution in [0.3, 0.4) is 0 Å². The van der Waals surface area contributed by atoms with Gasteiger partial charge in [-0.3, -0.25) is 4.90 Å². The molecule has 0 saturated heterocycles. The third-order valence-corrected chi connectivity index (χ3v) is 4.76. The number of nitrogens with one attached hydrogen (secondary N) is 1. The van der Waals surface area contributed by atoms with Crippen molar-refractivity contribution in [2.24, 2.45) is 5.41 Å². The zero-order valence-corrected chi connectivity index (χ0v) is 13.0. The van der Waals surface area contributed by atoms with Gasteiger partial charge in [-0.1, -0.05) is 44.5 Å². The van der Waals surface area contributed by atoms with E-state index in [1.165, 1.54) is 49.9 Å². The van der Waals surface area contributed by atoms with Gasteiger partial charge in [-0.2, -0.15) is 0 Å². The molecule has 2 heteroatoms. The van der Waals surface area contributed by atoms with E-state index in [4.69, 9.17) is 0 Å². The molecule has 0 bridgehead atoms. The van der Waals surface area contributed by atoms with Crippen LogP contribution < -0.4 is 5.32 Å². The molecule has 1 aromatic carbocycles. The normalized spacial score (nSPS) is 21.7. The summed E-state index contributed by atoms with van der Waals surface area (Å²) in [7, 11) is 0. The van der Waals surface area contributed by atoms with Crippen molar-refractivity contribution in [2.45, 2.75) is 58.7 Å². The van der Waals surface area contributed by atoms with Crippen molar-refractivity contribution in [3.8, 4) is 0 Å². The van der Waals surface area contributed by atoms with Crippen LogP contribution in [0.5, 0.6) is 0 Å². The highest BCUT2D eigenvalue weighted by molar-refractivity contribution is 5.30. The second kappa shape index (κ2) is 5.87. The van der Waals surface area contributed by atoms with E-state index >= 15 is 0 Å². The van der Waals surface area contributed by atoms with Gasteiger partial charge in [0, 0.05) is 32.2 Å². The van der Waals surface area contributed by atoms with Crippen LogP contribution in [-0.4, -0.2) is 24.0 Å². The summed E-state index contributed by atoms with van der Waals surface area (Å²) in [5.74, 6) is 0. The maximum Gasteiger partial charge on any atom is 0.0240 e. The average molecular weight is 272 g/mol. The van der Waals surface area contributed by atoms with Crippen molar-refractivity contribution in [1.29, 1.82) is 0 Å². The zero-order chi connectivity index (χ0) is 14.0. The predicted octanol–water partition coefficient (Wildman–Crippen LogP) is 3.56. The van der Waals surface area contributed by atoms with Crippen LogP contribution in [0.4, 0.5) is 0 Å². The molecule has 1 aliphatic carbocycles. The number of nitrogens with zero attached hydrogens (tertiary/aromatic N) is 1. The molecule has 1 saturated carbocycles. The molecule has 2 aliphatic rings. The molecule has 1 aliphatic heterocycles. The first-order valence-electron chi connectivity index (χ1n) is 8.21. The summed E-state index contributed by atoms with van der Waals surface area (Å²) < 4.78 is 0. The molecule has 1 atom stereocenters. The molecule has 0 aromatic heterocycles. The van der Waals surface area contributed by atoms with Gasteiger partial charge in [0.2, 0.25) is 0 Å². The third kappa shape index (κ3) is 3.42. The second-order valence-electron chi connectivity index (χ2n) is 7.13. The molecule has 1 N–H and O–H groups in total. The Morgan fingerprint density at radius 1 is 1.20 bits per heavy atom. The first-order valence-corrected chi connectivity index (χ1v) is 8.21. The largest absolute Gasteiger partial charge is 0.313 e.